The minimum atomic E-state index is 0.0909. The second-order valence-corrected chi connectivity index (χ2v) is 6.33. The molecule has 0 unspecified atom stereocenters. The summed E-state index contributed by atoms with van der Waals surface area (Å²) < 4.78 is 5.18. The van der Waals surface area contributed by atoms with Crippen LogP contribution in [0.2, 0.25) is 0 Å². The lowest BCUT2D eigenvalue weighted by atomic mass is 10.0. The number of hydrogen-bond acceptors (Lipinski definition) is 6. The SMILES string of the molecule is CCC[C@H](Nc1cncc(-c2ccc(O)c(OC)c2)n1)c1cccc(N)c1. The van der Waals surface area contributed by atoms with Crippen molar-refractivity contribution in [2.75, 3.05) is 18.2 Å². The van der Waals surface area contributed by atoms with E-state index in [2.05, 4.69) is 28.3 Å². The van der Waals surface area contributed by atoms with Gasteiger partial charge in [-0.2, -0.15) is 0 Å². The van der Waals surface area contributed by atoms with Crippen LogP contribution in [-0.2, 0) is 0 Å². The second kappa shape index (κ2) is 8.40. The molecular formula is C21H24N4O2. The highest BCUT2D eigenvalue weighted by Crippen LogP contribution is 2.31. The molecule has 27 heavy (non-hydrogen) atoms. The molecule has 6 nitrogen and oxygen atoms in total. The van der Waals surface area contributed by atoms with E-state index in [4.69, 9.17) is 10.5 Å². The Morgan fingerprint density at radius 2 is 2.04 bits per heavy atom. The molecule has 0 amide bonds. The van der Waals surface area contributed by atoms with Crippen LogP contribution in [-0.4, -0.2) is 22.2 Å². The lowest BCUT2D eigenvalue weighted by molar-refractivity contribution is 0.373. The Labute approximate surface area is 159 Å². The van der Waals surface area contributed by atoms with Gasteiger partial charge in [0.15, 0.2) is 11.5 Å². The van der Waals surface area contributed by atoms with E-state index in [1.807, 2.05) is 18.2 Å². The first kappa shape index (κ1) is 18.5. The maximum absolute atomic E-state index is 9.78. The molecule has 1 heterocycles. The van der Waals surface area contributed by atoms with E-state index >= 15 is 0 Å². The molecule has 0 saturated carbocycles. The minimum Gasteiger partial charge on any atom is -0.504 e. The number of rotatable bonds is 7. The topological polar surface area (TPSA) is 93.3 Å². The van der Waals surface area contributed by atoms with Gasteiger partial charge in [-0.1, -0.05) is 25.5 Å². The molecule has 0 aliphatic carbocycles. The highest BCUT2D eigenvalue weighted by molar-refractivity contribution is 5.64. The first-order chi connectivity index (χ1) is 13.1. The number of aromatic nitrogens is 2. The molecule has 0 radical (unpaired) electrons. The molecule has 6 heteroatoms. The third-order valence-corrected chi connectivity index (χ3v) is 4.32. The van der Waals surface area contributed by atoms with E-state index in [9.17, 15) is 5.11 Å². The van der Waals surface area contributed by atoms with Crippen LogP contribution in [0.25, 0.3) is 11.3 Å². The van der Waals surface area contributed by atoms with Gasteiger partial charge in [-0.15, -0.1) is 0 Å². The Morgan fingerprint density at radius 3 is 2.78 bits per heavy atom. The minimum absolute atomic E-state index is 0.0909. The Morgan fingerprint density at radius 1 is 1.19 bits per heavy atom. The van der Waals surface area contributed by atoms with Gasteiger partial charge in [0.1, 0.15) is 5.82 Å². The third kappa shape index (κ3) is 4.47. The largest absolute Gasteiger partial charge is 0.504 e. The van der Waals surface area contributed by atoms with Gasteiger partial charge in [-0.05, 0) is 42.3 Å². The van der Waals surface area contributed by atoms with E-state index in [1.54, 1.807) is 30.6 Å². The Balaban J connectivity index is 1.88. The van der Waals surface area contributed by atoms with Crippen LogP contribution >= 0.6 is 0 Å². The molecule has 4 N–H and O–H groups in total. The number of nitrogens with one attached hydrogen (secondary N) is 1. The molecule has 140 valence electrons. The Bertz CT molecular complexity index is 914. The van der Waals surface area contributed by atoms with Crippen molar-refractivity contribution in [1.29, 1.82) is 0 Å². The van der Waals surface area contributed by atoms with Gasteiger partial charge in [-0.3, -0.25) is 4.98 Å². The fraction of sp³-hybridized carbons (Fsp3) is 0.238. The van der Waals surface area contributed by atoms with E-state index in [1.165, 1.54) is 7.11 Å². The number of benzene rings is 2. The number of ether oxygens (including phenoxy) is 1. The zero-order valence-electron chi connectivity index (χ0n) is 15.5. The van der Waals surface area contributed by atoms with Gasteiger partial charge in [-0.25, -0.2) is 4.98 Å². The van der Waals surface area contributed by atoms with E-state index < -0.39 is 0 Å². The van der Waals surface area contributed by atoms with Crippen LogP contribution < -0.4 is 15.8 Å². The average Bonchev–Trinajstić information content (AvgIpc) is 2.68. The number of nitrogens with two attached hydrogens (primary N) is 1. The lowest BCUT2D eigenvalue weighted by Gasteiger charge is -2.20. The molecule has 0 saturated heterocycles. The number of phenols is 1. The standard InChI is InChI=1S/C21H24N4O2/c1-3-5-17(14-6-4-7-16(22)10-14)24-21-13-23-12-18(25-21)15-8-9-19(26)20(11-15)27-2/h4,6-13,17,26H,3,5,22H2,1-2H3,(H,24,25)/t17-/m0/s1. The van der Waals surface area contributed by atoms with E-state index in [0.717, 1.165) is 29.7 Å². The number of hydrogen-bond donors (Lipinski definition) is 3. The number of nitrogens with zero attached hydrogens (tertiary/aromatic N) is 2. The van der Waals surface area contributed by atoms with Gasteiger partial charge in [0.05, 0.1) is 31.2 Å². The van der Waals surface area contributed by atoms with Crippen LogP contribution in [0.4, 0.5) is 11.5 Å². The van der Waals surface area contributed by atoms with Gasteiger partial charge in [0, 0.05) is 11.3 Å². The molecular weight excluding hydrogens is 340 g/mol. The highest BCUT2D eigenvalue weighted by Gasteiger charge is 2.13. The summed E-state index contributed by atoms with van der Waals surface area (Å²) in [6, 6.07) is 13.1. The van der Waals surface area contributed by atoms with E-state index in [0.29, 0.717) is 17.3 Å². The van der Waals surface area contributed by atoms with Crippen molar-refractivity contribution in [1.82, 2.24) is 9.97 Å². The summed E-state index contributed by atoms with van der Waals surface area (Å²) in [7, 11) is 1.52. The normalized spacial score (nSPS) is 11.8. The van der Waals surface area contributed by atoms with Crippen LogP contribution in [0.3, 0.4) is 0 Å². The summed E-state index contributed by atoms with van der Waals surface area (Å²) in [6.45, 7) is 2.14. The predicted molar refractivity (Wildman–Crippen MR) is 108 cm³/mol. The molecule has 3 aromatic rings. The van der Waals surface area contributed by atoms with Crippen LogP contribution in [0.1, 0.15) is 31.4 Å². The van der Waals surface area contributed by atoms with Crippen molar-refractivity contribution in [3.8, 4) is 22.8 Å². The molecule has 3 rings (SSSR count). The van der Waals surface area contributed by atoms with Crippen molar-refractivity contribution >= 4 is 11.5 Å². The summed E-state index contributed by atoms with van der Waals surface area (Å²) in [5.41, 5.74) is 9.31. The highest BCUT2D eigenvalue weighted by atomic mass is 16.5. The summed E-state index contributed by atoms with van der Waals surface area (Å²) in [6.07, 6.45) is 5.36. The van der Waals surface area contributed by atoms with Crippen LogP contribution in [0.15, 0.2) is 54.9 Å². The average molecular weight is 364 g/mol. The molecule has 1 atom stereocenters. The number of nitrogen functional groups attached to an aromatic ring is 1. The fourth-order valence-corrected chi connectivity index (χ4v) is 2.98. The van der Waals surface area contributed by atoms with Crippen molar-refractivity contribution in [3.63, 3.8) is 0 Å². The molecule has 0 spiro atoms. The van der Waals surface area contributed by atoms with Crippen molar-refractivity contribution in [2.45, 2.75) is 25.8 Å². The lowest BCUT2D eigenvalue weighted by Crippen LogP contribution is -2.12. The monoisotopic (exact) mass is 364 g/mol. The number of anilines is 2. The number of aromatic hydroxyl groups is 1. The Kier molecular flexibility index (Phi) is 5.76. The summed E-state index contributed by atoms with van der Waals surface area (Å²) in [4.78, 5) is 8.99. The molecule has 0 bridgehead atoms. The molecule has 2 aromatic carbocycles. The number of methoxy groups -OCH3 is 1. The zero-order chi connectivity index (χ0) is 19.2. The molecule has 0 aliphatic rings. The molecule has 0 fully saturated rings. The first-order valence-corrected chi connectivity index (χ1v) is 8.92. The fourth-order valence-electron chi connectivity index (χ4n) is 2.98. The zero-order valence-corrected chi connectivity index (χ0v) is 15.5. The van der Waals surface area contributed by atoms with Crippen molar-refractivity contribution in [3.05, 3.63) is 60.4 Å². The predicted octanol–water partition coefficient (Wildman–Crippen LogP) is 4.39. The maximum atomic E-state index is 9.78. The van der Waals surface area contributed by atoms with E-state index in [-0.39, 0.29) is 11.8 Å². The first-order valence-electron chi connectivity index (χ1n) is 8.92. The summed E-state index contributed by atoms with van der Waals surface area (Å²) in [5.74, 6) is 1.17. The Hall–Kier alpha value is -3.28. The quantitative estimate of drug-likeness (QED) is 0.538. The van der Waals surface area contributed by atoms with Gasteiger partial charge >= 0.3 is 0 Å². The van der Waals surface area contributed by atoms with Crippen molar-refractivity contribution in [2.24, 2.45) is 0 Å². The molecule has 0 aliphatic heterocycles. The van der Waals surface area contributed by atoms with Gasteiger partial charge in [0.25, 0.3) is 0 Å². The summed E-state index contributed by atoms with van der Waals surface area (Å²) in [5, 5.41) is 13.2. The van der Waals surface area contributed by atoms with Gasteiger partial charge < -0.3 is 20.9 Å². The molecule has 1 aromatic heterocycles. The van der Waals surface area contributed by atoms with Crippen LogP contribution in [0.5, 0.6) is 11.5 Å². The third-order valence-electron chi connectivity index (χ3n) is 4.32. The van der Waals surface area contributed by atoms with Crippen molar-refractivity contribution < 1.29 is 9.84 Å². The smallest absolute Gasteiger partial charge is 0.161 e. The second-order valence-electron chi connectivity index (χ2n) is 6.33. The number of phenolic OH excluding ortho intramolecular Hbond substituents is 1. The van der Waals surface area contributed by atoms with Crippen LogP contribution in [0, 0.1) is 0 Å². The van der Waals surface area contributed by atoms with Gasteiger partial charge in [0.2, 0.25) is 0 Å². The maximum Gasteiger partial charge on any atom is 0.161 e. The summed E-state index contributed by atoms with van der Waals surface area (Å²) >= 11 is 0.